The Hall–Kier alpha value is -3.66. The Bertz CT molecular complexity index is 954. The third kappa shape index (κ3) is 7.06. The molecule has 30 heavy (non-hydrogen) atoms. The maximum Gasteiger partial charge on any atom is 0.244 e. The molecule has 3 aromatic carbocycles. The summed E-state index contributed by atoms with van der Waals surface area (Å²) in [6.45, 7) is 0.288. The second kappa shape index (κ2) is 11.4. The number of carbonyl (C=O) groups excluding carboxylic acids is 2. The minimum absolute atomic E-state index is 0.0906. The molecule has 0 aromatic heterocycles. The Morgan fingerprint density at radius 3 is 2.07 bits per heavy atom. The highest BCUT2D eigenvalue weighted by atomic mass is 16.2. The second-order valence-corrected chi connectivity index (χ2v) is 7.01. The molecule has 0 saturated heterocycles. The van der Waals surface area contributed by atoms with Crippen LogP contribution in [0.5, 0.6) is 0 Å². The molecule has 0 heterocycles. The van der Waals surface area contributed by atoms with E-state index in [0.717, 1.165) is 16.7 Å². The Labute approximate surface area is 177 Å². The number of nitrogens with one attached hydrogen (secondary N) is 2. The van der Waals surface area contributed by atoms with Gasteiger partial charge in [-0.15, -0.1) is 0 Å². The summed E-state index contributed by atoms with van der Waals surface area (Å²) >= 11 is 0. The molecule has 4 nitrogen and oxygen atoms in total. The molecule has 0 bridgehead atoms. The number of hydrogen-bond donors (Lipinski definition) is 2. The smallest absolute Gasteiger partial charge is 0.244 e. The zero-order chi connectivity index (χ0) is 21.0. The van der Waals surface area contributed by atoms with Crippen molar-refractivity contribution >= 4 is 17.9 Å². The molecule has 0 radical (unpaired) electrons. The van der Waals surface area contributed by atoms with Gasteiger partial charge < -0.3 is 10.6 Å². The van der Waals surface area contributed by atoms with E-state index in [1.165, 1.54) is 6.08 Å². The summed E-state index contributed by atoms with van der Waals surface area (Å²) in [7, 11) is 0. The first-order valence-corrected chi connectivity index (χ1v) is 10.1. The number of hydrogen-bond acceptors (Lipinski definition) is 2. The normalized spacial score (nSPS) is 11.7. The quantitative estimate of drug-likeness (QED) is 0.528. The molecule has 152 valence electrons. The summed E-state index contributed by atoms with van der Waals surface area (Å²) in [4.78, 5) is 24.5. The van der Waals surface area contributed by atoms with Gasteiger partial charge in [-0.3, -0.25) is 9.59 Å². The Morgan fingerprint density at radius 2 is 1.40 bits per heavy atom. The van der Waals surface area contributed by atoms with Gasteiger partial charge in [0.1, 0.15) is 0 Å². The van der Waals surface area contributed by atoms with Gasteiger partial charge in [0.05, 0.1) is 6.04 Å². The average molecular weight is 399 g/mol. The largest absolute Gasteiger partial charge is 0.352 e. The Morgan fingerprint density at radius 1 is 0.800 bits per heavy atom. The molecular formula is C26H26N2O2. The van der Waals surface area contributed by atoms with E-state index in [4.69, 9.17) is 0 Å². The van der Waals surface area contributed by atoms with Crippen molar-refractivity contribution in [2.75, 3.05) is 6.54 Å². The van der Waals surface area contributed by atoms with E-state index >= 15 is 0 Å². The van der Waals surface area contributed by atoms with Gasteiger partial charge in [0.15, 0.2) is 0 Å². The first kappa shape index (κ1) is 21.1. The predicted molar refractivity (Wildman–Crippen MR) is 121 cm³/mol. The van der Waals surface area contributed by atoms with Crippen molar-refractivity contribution in [1.82, 2.24) is 10.6 Å². The molecule has 0 aliphatic heterocycles. The average Bonchev–Trinajstić information content (AvgIpc) is 2.79. The molecule has 0 aliphatic carbocycles. The first-order valence-electron chi connectivity index (χ1n) is 10.1. The highest BCUT2D eigenvalue weighted by molar-refractivity contribution is 5.92. The molecule has 4 heteroatoms. The van der Waals surface area contributed by atoms with Crippen LogP contribution in [0.15, 0.2) is 97.1 Å². The van der Waals surface area contributed by atoms with Crippen LogP contribution >= 0.6 is 0 Å². The number of rotatable bonds is 9. The number of carbonyl (C=O) groups is 2. The van der Waals surface area contributed by atoms with E-state index in [0.29, 0.717) is 6.42 Å². The summed E-state index contributed by atoms with van der Waals surface area (Å²) < 4.78 is 0. The minimum atomic E-state index is -0.212. The summed E-state index contributed by atoms with van der Waals surface area (Å²) in [5.41, 5.74) is 3.17. The van der Waals surface area contributed by atoms with Gasteiger partial charge in [0, 0.05) is 19.0 Å². The molecular weight excluding hydrogens is 372 g/mol. The molecule has 3 rings (SSSR count). The Kier molecular flexibility index (Phi) is 7.98. The lowest BCUT2D eigenvalue weighted by Gasteiger charge is -2.19. The monoisotopic (exact) mass is 398 g/mol. The van der Waals surface area contributed by atoms with Gasteiger partial charge >= 0.3 is 0 Å². The molecule has 2 amide bonds. The third-order valence-electron chi connectivity index (χ3n) is 4.70. The molecule has 3 aromatic rings. The van der Waals surface area contributed by atoms with Crippen LogP contribution in [-0.2, 0) is 16.0 Å². The summed E-state index contributed by atoms with van der Waals surface area (Å²) in [6, 6.07) is 29.5. The molecule has 1 unspecified atom stereocenters. The standard InChI is InChI=1S/C26H26N2O2/c29-25(17-16-21-10-4-1-5-11-21)27-19-18-26(30)28-24(23-14-8-3-9-15-23)20-22-12-6-2-7-13-22/h1-17,24H,18-20H2,(H,27,29)(H,28,30)/b17-16+. The SMILES string of the molecule is O=C(/C=C/c1ccccc1)NCCC(=O)NC(Cc1ccccc1)c1ccccc1. The molecule has 2 N–H and O–H groups in total. The van der Waals surface area contributed by atoms with Crippen LogP contribution < -0.4 is 10.6 Å². The van der Waals surface area contributed by atoms with Crippen LogP contribution in [0.4, 0.5) is 0 Å². The molecule has 0 aliphatic rings. The topological polar surface area (TPSA) is 58.2 Å². The van der Waals surface area contributed by atoms with Crippen molar-refractivity contribution in [3.05, 3.63) is 114 Å². The van der Waals surface area contributed by atoms with Gasteiger partial charge in [-0.1, -0.05) is 91.0 Å². The van der Waals surface area contributed by atoms with Crippen molar-refractivity contribution in [2.24, 2.45) is 0 Å². The van der Waals surface area contributed by atoms with Crippen LogP contribution in [-0.4, -0.2) is 18.4 Å². The fourth-order valence-electron chi connectivity index (χ4n) is 3.15. The van der Waals surface area contributed by atoms with Crippen LogP contribution in [0, 0.1) is 0 Å². The Balaban J connectivity index is 1.50. The van der Waals surface area contributed by atoms with Gasteiger partial charge in [0.25, 0.3) is 0 Å². The van der Waals surface area contributed by atoms with Crippen molar-refractivity contribution in [2.45, 2.75) is 18.9 Å². The summed E-state index contributed by atoms with van der Waals surface area (Å²) in [5, 5.41) is 5.87. The fourth-order valence-corrected chi connectivity index (χ4v) is 3.15. The fraction of sp³-hybridized carbons (Fsp3) is 0.154. The van der Waals surface area contributed by atoms with E-state index in [1.807, 2.05) is 78.9 Å². The van der Waals surface area contributed by atoms with Crippen LogP contribution in [0.1, 0.15) is 29.2 Å². The maximum atomic E-state index is 12.5. The summed E-state index contributed by atoms with van der Waals surface area (Å²) in [6.07, 6.45) is 4.17. The van der Waals surface area contributed by atoms with E-state index in [9.17, 15) is 9.59 Å². The van der Waals surface area contributed by atoms with Crippen LogP contribution in [0.2, 0.25) is 0 Å². The predicted octanol–water partition coefficient (Wildman–Crippen LogP) is 4.31. The zero-order valence-electron chi connectivity index (χ0n) is 16.8. The van der Waals surface area contributed by atoms with E-state index in [2.05, 4.69) is 22.8 Å². The van der Waals surface area contributed by atoms with Gasteiger partial charge in [-0.2, -0.15) is 0 Å². The van der Waals surface area contributed by atoms with E-state index < -0.39 is 0 Å². The lowest BCUT2D eigenvalue weighted by Crippen LogP contribution is -2.33. The van der Waals surface area contributed by atoms with Gasteiger partial charge in [-0.25, -0.2) is 0 Å². The van der Waals surface area contributed by atoms with Gasteiger partial charge in [-0.05, 0) is 29.2 Å². The summed E-state index contributed by atoms with van der Waals surface area (Å²) in [5.74, 6) is -0.303. The number of benzene rings is 3. The lowest BCUT2D eigenvalue weighted by molar-refractivity contribution is -0.122. The lowest BCUT2D eigenvalue weighted by atomic mass is 9.98. The van der Waals surface area contributed by atoms with Crippen LogP contribution in [0.3, 0.4) is 0 Å². The molecule has 0 saturated carbocycles. The third-order valence-corrected chi connectivity index (χ3v) is 4.70. The first-order chi connectivity index (χ1) is 14.7. The zero-order valence-corrected chi connectivity index (χ0v) is 16.8. The second-order valence-electron chi connectivity index (χ2n) is 7.01. The van der Waals surface area contributed by atoms with Crippen molar-refractivity contribution in [3.63, 3.8) is 0 Å². The van der Waals surface area contributed by atoms with Crippen molar-refractivity contribution < 1.29 is 9.59 Å². The van der Waals surface area contributed by atoms with E-state index in [-0.39, 0.29) is 30.8 Å². The van der Waals surface area contributed by atoms with Crippen LogP contribution in [0.25, 0.3) is 6.08 Å². The molecule has 0 fully saturated rings. The highest BCUT2D eigenvalue weighted by Gasteiger charge is 2.15. The maximum absolute atomic E-state index is 12.5. The molecule has 0 spiro atoms. The molecule has 1 atom stereocenters. The van der Waals surface area contributed by atoms with Crippen molar-refractivity contribution in [1.29, 1.82) is 0 Å². The minimum Gasteiger partial charge on any atom is -0.352 e. The number of amides is 2. The van der Waals surface area contributed by atoms with Crippen molar-refractivity contribution in [3.8, 4) is 0 Å². The van der Waals surface area contributed by atoms with Gasteiger partial charge in [0.2, 0.25) is 11.8 Å². The van der Waals surface area contributed by atoms with E-state index in [1.54, 1.807) is 6.08 Å². The highest BCUT2D eigenvalue weighted by Crippen LogP contribution is 2.18.